The molecular weight excluding hydrogens is 262 g/mol. The Hall–Kier alpha value is -2.68. The zero-order chi connectivity index (χ0) is 15.2. The minimum Gasteiger partial charge on any atom is -0.478 e. The van der Waals surface area contributed by atoms with Crippen molar-refractivity contribution in [1.29, 1.82) is 0 Å². The lowest BCUT2D eigenvalue weighted by molar-refractivity contribution is 0.0699. The van der Waals surface area contributed by atoms with Gasteiger partial charge in [-0.1, -0.05) is 62.4 Å². The lowest BCUT2D eigenvalue weighted by Crippen LogP contribution is -2.00. The molecule has 0 aliphatic carbocycles. The monoisotopic (exact) mass is 279 g/mol. The Morgan fingerprint density at radius 1 is 0.952 bits per heavy atom. The molecule has 106 valence electrons. The van der Waals surface area contributed by atoms with Crippen LogP contribution in [0.4, 0.5) is 0 Å². The van der Waals surface area contributed by atoms with Gasteiger partial charge in [0.05, 0.1) is 16.8 Å². The summed E-state index contributed by atoms with van der Waals surface area (Å²) >= 11 is 0. The van der Waals surface area contributed by atoms with E-state index in [0.29, 0.717) is 16.6 Å². The third-order valence-corrected chi connectivity index (χ3v) is 3.02. The van der Waals surface area contributed by atoms with Crippen LogP contribution in [0, 0.1) is 0 Å². The van der Waals surface area contributed by atoms with Gasteiger partial charge in [-0.25, -0.2) is 9.78 Å². The molecule has 0 aliphatic heterocycles. The van der Waals surface area contributed by atoms with E-state index >= 15 is 0 Å². The summed E-state index contributed by atoms with van der Waals surface area (Å²) in [5.74, 6) is -0.934. The highest BCUT2D eigenvalue weighted by Crippen LogP contribution is 2.24. The van der Waals surface area contributed by atoms with Crippen molar-refractivity contribution in [2.24, 2.45) is 0 Å². The van der Waals surface area contributed by atoms with E-state index in [4.69, 9.17) is 0 Å². The number of rotatable bonds is 2. The summed E-state index contributed by atoms with van der Waals surface area (Å²) < 4.78 is 0. The number of carboxylic acid groups (broad SMARTS) is 1. The van der Waals surface area contributed by atoms with Crippen LogP contribution in [0.1, 0.15) is 24.2 Å². The molecule has 0 bridgehead atoms. The Kier molecular flexibility index (Phi) is 4.67. The Labute approximate surface area is 123 Å². The number of carbonyl (C=O) groups is 1. The average Bonchev–Trinajstić information content (AvgIpc) is 2.56. The van der Waals surface area contributed by atoms with E-state index in [1.165, 1.54) is 0 Å². The van der Waals surface area contributed by atoms with E-state index in [1.54, 1.807) is 12.1 Å². The summed E-state index contributed by atoms with van der Waals surface area (Å²) in [6.45, 7) is 4.00. The van der Waals surface area contributed by atoms with Crippen molar-refractivity contribution >= 4 is 16.9 Å². The van der Waals surface area contributed by atoms with Gasteiger partial charge in [0.1, 0.15) is 0 Å². The number of para-hydroxylation sites is 1. The molecule has 0 amide bonds. The average molecular weight is 279 g/mol. The fraction of sp³-hybridized carbons (Fsp3) is 0.111. The zero-order valence-corrected chi connectivity index (χ0v) is 12.1. The van der Waals surface area contributed by atoms with Gasteiger partial charge >= 0.3 is 5.97 Å². The first-order chi connectivity index (χ1) is 10.3. The molecule has 1 aromatic heterocycles. The zero-order valence-electron chi connectivity index (χ0n) is 12.1. The normalized spacial score (nSPS) is 9.81. The van der Waals surface area contributed by atoms with Gasteiger partial charge in [0.25, 0.3) is 0 Å². The first-order valence-corrected chi connectivity index (χ1v) is 6.94. The quantitative estimate of drug-likeness (QED) is 0.744. The summed E-state index contributed by atoms with van der Waals surface area (Å²) in [4.78, 5) is 15.9. The molecule has 1 heterocycles. The van der Waals surface area contributed by atoms with Crippen molar-refractivity contribution in [2.45, 2.75) is 13.8 Å². The van der Waals surface area contributed by atoms with Crippen LogP contribution in [0.3, 0.4) is 0 Å². The molecule has 3 nitrogen and oxygen atoms in total. The smallest absolute Gasteiger partial charge is 0.336 e. The van der Waals surface area contributed by atoms with Gasteiger partial charge in [0, 0.05) is 10.9 Å². The highest BCUT2D eigenvalue weighted by Gasteiger charge is 2.12. The Bertz CT molecular complexity index is 752. The highest BCUT2D eigenvalue weighted by molar-refractivity contribution is 6.03. The summed E-state index contributed by atoms with van der Waals surface area (Å²) in [6, 6.07) is 18.5. The molecule has 0 saturated heterocycles. The van der Waals surface area contributed by atoms with Crippen LogP contribution in [0.2, 0.25) is 0 Å². The van der Waals surface area contributed by atoms with Gasteiger partial charge in [0.2, 0.25) is 0 Å². The van der Waals surface area contributed by atoms with Crippen molar-refractivity contribution in [3.05, 3.63) is 66.2 Å². The molecule has 0 unspecified atom stereocenters. The maximum absolute atomic E-state index is 11.4. The van der Waals surface area contributed by atoms with Crippen LogP contribution in [0.25, 0.3) is 22.2 Å². The fourth-order valence-corrected chi connectivity index (χ4v) is 2.11. The van der Waals surface area contributed by atoms with E-state index < -0.39 is 5.97 Å². The third-order valence-electron chi connectivity index (χ3n) is 3.02. The molecule has 3 heteroatoms. The number of aromatic nitrogens is 1. The molecular formula is C18H17NO2. The summed E-state index contributed by atoms with van der Waals surface area (Å²) in [5.41, 5.74) is 2.57. The van der Waals surface area contributed by atoms with Crippen molar-refractivity contribution in [3.8, 4) is 11.3 Å². The SMILES string of the molecule is CC.O=C(O)c1cc(-c2ccccc2)nc2ccccc12. The highest BCUT2D eigenvalue weighted by atomic mass is 16.4. The van der Waals surface area contributed by atoms with Gasteiger partial charge in [0.15, 0.2) is 0 Å². The Balaban J connectivity index is 0.000000774. The minimum atomic E-state index is -0.934. The topological polar surface area (TPSA) is 50.2 Å². The third kappa shape index (κ3) is 3.08. The van der Waals surface area contributed by atoms with Gasteiger partial charge < -0.3 is 5.11 Å². The maximum Gasteiger partial charge on any atom is 0.336 e. The lowest BCUT2D eigenvalue weighted by atomic mass is 10.0. The van der Waals surface area contributed by atoms with E-state index in [-0.39, 0.29) is 5.56 Å². The number of hydrogen-bond donors (Lipinski definition) is 1. The number of hydrogen-bond acceptors (Lipinski definition) is 2. The minimum absolute atomic E-state index is 0.282. The van der Waals surface area contributed by atoms with E-state index in [2.05, 4.69) is 4.98 Å². The lowest BCUT2D eigenvalue weighted by Gasteiger charge is -2.06. The van der Waals surface area contributed by atoms with Gasteiger partial charge in [-0.3, -0.25) is 0 Å². The summed E-state index contributed by atoms with van der Waals surface area (Å²) in [6.07, 6.45) is 0. The van der Waals surface area contributed by atoms with E-state index in [1.807, 2.05) is 62.4 Å². The molecule has 0 fully saturated rings. The van der Waals surface area contributed by atoms with Crippen LogP contribution in [-0.2, 0) is 0 Å². The van der Waals surface area contributed by atoms with Crippen molar-refractivity contribution in [1.82, 2.24) is 4.98 Å². The van der Waals surface area contributed by atoms with Crippen molar-refractivity contribution in [3.63, 3.8) is 0 Å². The molecule has 0 saturated carbocycles. The predicted octanol–water partition coefficient (Wildman–Crippen LogP) is 4.63. The number of benzene rings is 2. The second-order valence-corrected chi connectivity index (χ2v) is 4.24. The first kappa shape index (κ1) is 14.7. The second-order valence-electron chi connectivity index (χ2n) is 4.24. The van der Waals surface area contributed by atoms with Crippen LogP contribution in [0.5, 0.6) is 0 Å². The Morgan fingerprint density at radius 2 is 1.57 bits per heavy atom. The molecule has 2 aromatic carbocycles. The fourth-order valence-electron chi connectivity index (χ4n) is 2.11. The molecule has 0 aliphatic rings. The molecule has 3 rings (SSSR count). The molecule has 1 N–H and O–H groups in total. The predicted molar refractivity (Wildman–Crippen MR) is 85.5 cm³/mol. The van der Waals surface area contributed by atoms with Gasteiger partial charge in [-0.05, 0) is 12.1 Å². The van der Waals surface area contributed by atoms with Crippen LogP contribution >= 0.6 is 0 Å². The van der Waals surface area contributed by atoms with Gasteiger partial charge in [-0.15, -0.1) is 0 Å². The summed E-state index contributed by atoms with van der Waals surface area (Å²) in [7, 11) is 0. The summed E-state index contributed by atoms with van der Waals surface area (Å²) in [5, 5.41) is 9.99. The van der Waals surface area contributed by atoms with Crippen LogP contribution < -0.4 is 0 Å². The van der Waals surface area contributed by atoms with E-state index in [9.17, 15) is 9.90 Å². The molecule has 0 atom stereocenters. The van der Waals surface area contributed by atoms with Crippen molar-refractivity contribution in [2.75, 3.05) is 0 Å². The molecule has 0 spiro atoms. The number of nitrogens with zero attached hydrogens (tertiary/aromatic N) is 1. The van der Waals surface area contributed by atoms with E-state index in [0.717, 1.165) is 5.56 Å². The molecule has 3 aromatic rings. The number of aromatic carboxylic acids is 1. The number of pyridine rings is 1. The molecule has 0 radical (unpaired) electrons. The first-order valence-electron chi connectivity index (χ1n) is 6.94. The number of carboxylic acids is 1. The van der Waals surface area contributed by atoms with Crippen LogP contribution in [-0.4, -0.2) is 16.1 Å². The molecule has 21 heavy (non-hydrogen) atoms. The second kappa shape index (κ2) is 6.66. The standard InChI is InChI=1S/C16H11NO2.C2H6/c18-16(19)13-10-15(11-6-2-1-3-7-11)17-14-9-5-4-8-12(13)14;1-2/h1-10H,(H,18,19);1-2H3. The van der Waals surface area contributed by atoms with Crippen molar-refractivity contribution < 1.29 is 9.90 Å². The largest absolute Gasteiger partial charge is 0.478 e. The number of fused-ring (bicyclic) bond motifs is 1. The van der Waals surface area contributed by atoms with Gasteiger partial charge in [-0.2, -0.15) is 0 Å². The Morgan fingerprint density at radius 3 is 2.24 bits per heavy atom. The maximum atomic E-state index is 11.4. The van der Waals surface area contributed by atoms with Crippen LogP contribution in [0.15, 0.2) is 60.7 Å².